The van der Waals surface area contributed by atoms with Gasteiger partial charge in [0.25, 0.3) is 5.69 Å². The van der Waals surface area contributed by atoms with E-state index in [9.17, 15) is 20.4 Å². The normalized spacial score (nSPS) is 12.0. The molecule has 0 atom stereocenters. The van der Waals surface area contributed by atoms with Crippen LogP contribution in [-0.2, 0) is 11.8 Å². The molecule has 4 rings (SSSR count). The number of nitriles is 2. The van der Waals surface area contributed by atoms with E-state index in [1.807, 2.05) is 12.1 Å². The summed E-state index contributed by atoms with van der Waals surface area (Å²) in [5.74, 6) is -0.422. The molecule has 0 unspecified atom stereocenters. The standard InChI is InChI=1S/C20H15N7O5S/c1-27-17(20(29)32-26-27)16-11(7-21)18(23)25-19(12(16)8-22)33-9-15(28)24-10-2-3-13-14(6-10)31-5-4-30-13/h2-3,6H,4-5,9H2,1H3,(H3-,23,24,25,26,28,29). The molecular weight excluding hydrogens is 450 g/mol. The topological polar surface area (TPSA) is 187 Å². The van der Waals surface area contributed by atoms with Crippen molar-refractivity contribution in [3.63, 3.8) is 0 Å². The number of carbonyl (C=O) groups excluding carboxylic acids is 1. The van der Waals surface area contributed by atoms with Crippen LogP contribution in [0.4, 0.5) is 11.5 Å². The van der Waals surface area contributed by atoms with E-state index in [0.29, 0.717) is 30.4 Å². The van der Waals surface area contributed by atoms with Crippen molar-refractivity contribution in [1.82, 2.24) is 10.3 Å². The van der Waals surface area contributed by atoms with Crippen molar-refractivity contribution in [3.05, 3.63) is 29.3 Å². The molecule has 1 aliphatic rings. The van der Waals surface area contributed by atoms with Crippen molar-refractivity contribution in [3.8, 4) is 40.8 Å². The van der Waals surface area contributed by atoms with Crippen LogP contribution >= 0.6 is 11.8 Å². The monoisotopic (exact) mass is 465 g/mol. The van der Waals surface area contributed by atoms with E-state index in [1.54, 1.807) is 18.2 Å². The zero-order valence-corrected chi connectivity index (χ0v) is 17.9. The predicted octanol–water partition coefficient (Wildman–Crippen LogP) is 0.462. The third-order valence-electron chi connectivity index (χ3n) is 4.58. The fourth-order valence-electron chi connectivity index (χ4n) is 3.17. The van der Waals surface area contributed by atoms with Crippen LogP contribution < -0.4 is 30.3 Å². The summed E-state index contributed by atoms with van der Waals surface area (Å²) in [4.78, 5) is 16.6. The predicted molar refractivity (Wildman–Crippen MR) is 111 cm³/mol. The van der Waals surface area contributed by atoms with Crippen LogP contribution in [0.15, 0.2) is 27.7 Å². The summed E-state index contributed by atoms with van der Waals surface area (Å²) in [6, 6.07) is 8.82. The number of anilines is 2. The number of nitrogen functional groups attached to an aromatic ring is 1. The SMILES string of the molecule is C[n+]1noc([O-])c1-c1c(C#N)c(N)nc(SCC(=O)Nc2ccc3c(c2)OCCO3)c1C#N. The summed E-state index contributed by atoms with van der Waals surface area (Å²) in [7, 11) is 1.42. The Labute approximate surface area is 191 Å². The lowest BCUT2D eigenvalue weighted by molar-refractivity contribution is -0.730. The number of nitrogens with zero attached hydrogens (tertiary/aromatic N) is 5. The highest BCUT2D eigenvalue weighted by atomic mass is 32.2. The van der Waals surface area contributed by atoms with E-state index in [2.05, 4.69) is 20.1 Å². The molecule has 3 aromatic rings. The van der Waals surface area contributed by atoms with Crippen LogP contribution in [0.1, 0.15) is 11.1 Å². The van der Waals surface area contributed by atoms with Gasteiger partial charge in [-0.2, -0.15) is 10.5 Å². The zero-order valence-electron chi connectivity index (χ0n) is 17.1. The summed E-state index contributed by atoms with van der Waals surface area (Å²) >= 11 is 0.931. The molecule has 1 amide bonds. The number of aryl methyl sites for hydroxylation is 1. The molecule has 3 N–H and O–H groups in total. The van der Waals surface area contributed by atoms with Crippen molar-refractivity contribution >= 4 is 29.2 Å². The minimum atomic E-state index is -0.844. The van der Waals surface area contributed by atoms with Crippen LogP contribution in [-0.4, -0.2) is 35.1 Å². The van der Waals surface area contributed by atoms with Crippen molar-refractivity contribution in [2.75, 3.05) is 30.0 Å². The first-order valence-corrected chi connectivity index (χ1v) is 10.4. The molecule has 0 bridgehead atoms. The highest BCUT2D eigenvalue weighted by Gasteiger charge is 2.29. The molecule has 33 heavy (non-hydrogen) atoms. The maximum absolute atomic E-state index is 12.5. The fraction of sp³-hybridized carbons (Fsp3) is 0.200. The van der Waals surface area contributed by atoms with Crippen molar-refractivity contribution < 1.29 is 28.6 Å². The Kier molecular flexibility index (Phi) is 5.89. The smallest absolute Gasteiger partial charge is 0.266 e. The summed E-state index contributed by atoms with van der Waals surface area (Å²) in [5, 5.41) is 37.8. The molecule has 13 heteroatoms. The summed E-state index contributed by atoms with van der Waals surface area (Å²) in [6.45, 7) is 0.875. The number of benzene rings is 1. The van der Waals surface area contributed by atoms with Gasteiger partial charge in [-0.3, -0.25) is 4.79 Å². The molecule has 0 radical (unpaired) electrons. The van der Waals surface area contributed by atoms with E-state index < -0.39 is 5.95 Å². The van der Waals surface area contributed by atoms with E-state index in [-0.39, 0.29) is 44.9 Å². The van der Waals surface area contributed by atoms with Crippen LogP contribution in [0.5, 0.6) is 17.4 Å². The number of aromatic nitrogens is 3. The number of thioether (sulfide) groups is 1. The summed E-state index contributed by atoms with van der Waals surface area (Å²) in [5.41, 5.74) is 6.00. The molecule has 0 saturated carbocycles. The van der Waals surface area contributed by atoms with Crippen LogP contribution in [0.3, 0.4) is 0 Å². The maximum Gasteiger partial charge on any atom is 0.266 e. The molecule has 0 aliphatic carbocycles. The fourth-order valence-corrected chi connectivity index (χ4v) is 3.96. The van der Waals surface area contributed by atoms with Gasteiger partial charge in [-0.25, -0.2) is 4.98 Å². The molecule has 0 spiro atoms. The first-order chi connectivity index (χ1) is 15.9. The molecule has 12 nitrogen and oxygen atoms in total. The second kappa shape index (κ2) is 8.94. The highest BCUT2D eigenvalue weighted by molar-refractivity contribution is 8.00. The quantitative estimate of drug-likeness (QED) is 0.393. The number of fused-ring (bicyclic) bond motifs is 1. The van der Waals surface area contributed by atoms with E-state index in [4.69, 9.17) is 15.2 Å². The zero-order chi connectivity index (χ0) is 23.5. The van der Waals surface area contributed by atoms with Gasteiger partial charge in [0.05, 0.1) is 22.2 Å². The second-order valence-electron chi connectivity index (χ2n) is 6.68. The molecule has 166 valence electrons. The van der Waals surface area contributed by atoms with E-state index >= 15 is 0 Å². The molecular formula is C20H15N7O5S. The first-order valence-electron chi connectivity index (χ1n) is 9.42. The summed E-state index contributed by atoms with van der Waals surface area (Å²) in [6.07, 6.45) is 0. The Morgan fingerprint density at radius 3 is 2.67 bits per heavy atom. The molecule has 0 saturated heterocycles. The Balaban J connectivity index is 1.59. The van der Waals surface area contributed by atoms with Gasteiger partial charge >= 0.3 is 0 Å². The van der Waals surface area contributed by atoms with Gasteiger partial charge in [0.1, 0.15) is 41.8 Å². The number of ether oxygens (including phenoxy) is 2. The molecule has 1 aromatic carbocycles. The Morgan fingerprint density at radius 1 is 1.27 bits per heavy atom. The van der Waals surface area contributed by atoms with Gasteiger partial charge in [0.15, 0.2) is 24.5 Å². The number of pyridine rings is 1. The Morgan fingerprint density at radius 2 is 2.00 bits per heavy atom. The average molecular weight is 465 g/mol. The lowest BCUT2D eigenvalue weighted by Gasteiger charge is -2.19. The third kappa shape index (κ3) is 4.17. The molecule has 1 aliphatic heterocycles. The lowest BCUT2D eigenvalue weighted by Crippen LogP contribution is -2.32. The number of nitrogens with two attached hydrogens (primary N) is 1. The van der Waals surface area contributed by atoms with Crippen LogP contribution in [0, 0.1) is 22.7 Å². The lowest BCUT2D eigenvalue weighted by atomic mass is 10.0. The Bertz CT molecular complexity index is 1320. The van der Waals surface area contributed by atoms with Gasteiger partial charge in [0.2, 0.25) is 5.91 Å². The van der Waals surface area contributed by atoms with Crippen molar-refractivity contribution in [2.45, 2.75) is 5.03 Å². The largest absolute Gasteiger partial charge is 0.539 e. The number of hydrogen-bond donors (Lipinski definition) is 2. The average Bonchev–Trinajstić information content (AvgIpc) is 3.14. The number of carbonyl (C=O) groups is 1. The minimum Gasteiger partial charge on any atom is -0.539 e. The van der Waals surface area contributed by atoms with Gasteiger partial charge in [-0.1, -0.05) is 16.4 Å². The van der Waals surface area contributed by atoms with Gasteiger partial charge in [0, 0.05) is 11.8 Å². The maximum atomic E-state index is 12.5. The van der Waals surface area contributed by atoms with Gasteiger partial charge < -0.3 is 30.2 Å². The first kappa shape index (κ1) is 21.7. The number of rotatable bonds is 5. The molecule has 0 fully saturated rings. The van der Waals surface area contributed by atoms with Crippen molar-refractivity contribution in [1.29, 1.82) is 10.5 Å². The number of nitrogens with one attached hydrogen (secondary N) is 1. The van der Waals surface area contributed by atoms with E-state index in [1.165, 1.54) is 7.05 Å². The number of hydrogen-bond acceptors (Lipinski definition) is 11. The van der Waals surface area contributed by atoms with E-state index in [0.717, 1.165) is 16.4 Å². The summed E-state index contributed by atoms with van der Waals surface area (Å²) < 4.78 is 16.7. The third-order valence-corrected chi connectivity index (χ3v) is 5.56. The highest BCUT2D eigenvalue weighted by Crippen LogP contribution is 2.37. The van der Waals surface area contributed by atoms with Gasteiger partial charge in [-0.15, -0.1) is 0 Å². The molecule has 2 aromatic heterocycles. The van der Waals surface area contributed by atoms with Crippen LogP contribution in [0.2, 0.25) is 0 Å². The van der Waals surface area contributed by atoms with Crippen LogP contribution in [0.25, 0.3) is 11.3 Å². The molecule has 3 heterocycles. The van der Waals surface area contributed by atoms with Gasteiger partial charge in [-0.05, 0) is 12.1 Å². The second-order valence-corrected chi connectivity index (χ2v) is 7.64. The number of amides is 1. The van der Waals surface area contributed by atoms with Crippen molar-refractivity contribution in [2.24, 2.45) is 7.05 Å². The Hall–Kier alpha value is -4.49. The minimum absolute atomic E-state index is 0.0454.